The number of benzene rings is 1. The van der Waals surface area contributed by atoms with E-state index in [4.69, 9.17) is 11.6 Å². The summed E-state index contributed by atoms with van der Waals surface area (Å²) >= 11 is 5.06. The van der Waals surface area contributed by atoms with Gasteiger partial charge in [-0.25, -0.2) is 4.39 Å². The van der Waals surface area contributed by atoms with Gasteiger partial charge in [0, 0.05) is 11.6 Å². The van der Waals surface area contributed by atoms with E-state index in [1.54, 1.807) is 6.07 Å². The van der Waals surface area contributed by atoms with Crippen LogP contribution in [0, 0.1) is 5.82 Å². The van der Waals surface area contributed by atoms with Gasteiger partial charge in [0.25, 0.3) is 5.24 Å². The lowest BCUT2D eigenvalue weighted by molar-refractivity contribution is -0.108. The van der Waals surface area contributed by atoms with E-state index in [9.17, 15) is 14.0 Å². The minimum Gasteiger partial charge on any atom is -0.358 e. The molecule has 3 nitrogen and oxygen atoms in total. The van der Waals surface area contributed by atoms with E-state index in [1.807, 2.05) is 0 Å². The number of carbonyl (C=O) groups excluding carboxylic acids is 2. The zero-order valence-electron chi connectivity index (χ0n) is 7.38. The molecule has 0 bridgehead atoms. The van der Waals surface area contributed by atoms with Gasteiger partial charge in [-0.15, -0.1) is 0 Å². The van der Waals surface area contributed by atoms with E-state index >= 15 is 0 Å². The smallest absolute Gasteiger partial charge is 0.293 e. The minimum absolute atomic E-state index is 0.0875. The Morgan fingerprint density at radius 2 is 2.07 bits per heavy atom. The summed E-state index contributed by atoms with van der Waals surface area (Å²) in [6.07, 6.45) is 1.27. The topological polar surface area (TPSA) is 49.9 Å². The van der Waals surface area contributed by atoms with Gasteiger partial charge in [0.15, 0.2) is 0 Å². The normalized spacial score (nSPS) is 10.5. The number of H-pyrrole nitrogens is 1. The molecule has 0 unspecified atom stereocenters. The first-order valence-electron chi connectivity index (χ1n) is 4.11. The van der Waals surface area contributed by atoms with Gasteiger partial charge in [0.2, 0.25) is 5.78 Å². The molecule has 0 fully saturated rings. The second-order valence-electron chi connectivity index (χ2n) is 2.97. The van der Waals surface area contributed by atoms with Crippen LogP contribution in [0.3, 0.4) is 0 Å². The molecule has 0 atom stereocenters. The first kappa shape index (κ1) is 9.86. The van der Waals surface area contributed by atoms with Gasteiger partial charge in [0.05, 0.1) is 11.1 Å². The Hall–Kier alpha value is -1.68. The Kier molecular flexibility index (Phi) is 2.28. The molecule has 0 spiro atoms. The molecule has 1 aromatic heterocycles. The highest BCUT2D eigenvalue weighted by Gasteiger charge is 2.18. The minimum atomic E-state index is -1.08. The third kappa shape index (κ3) is 1.53. The van der Waals surface area contributed by atoms with Crippen molar-refractivity contribution >= 4 is 33.5 Å². The summed E-state index contributed by atoms with van der Waals surface area (Å²) in [6, 6.07) is 4.26. The fourth-order valence-corrected chi connectivity index (χ4v) is 1.51. The zero-order chi connectivity index (χ0) is 11.0. The predicted molar refractivity (Wildman–Crippen MR) is 53.4 cm³/mol. The highest BCUT2D eigenvalue weighted by atomic mass is 35.5. The van der Waals surface area contributed by atoms with Gasteiger partial charge in [-0.2, -0.15) is 0 Å². The number of ketones is 1. The molecule has 0 aliphatic carbocycles. The number of aromatic nitrogens is 1. The summed E-state index contributed by atoms with van der Waals surface area (Å²) in [6.45, 7) is 0. The average Bonchev–Trinajstić information content (AvgIpc) is 2.61. The van der Waals surface area contributed by atoms with Gasteiger partial charge in [-0.05, 0) is 17.7 Å². The number of hydrogen-bond acceptors (Lipinski definition) is 2. The van der Waals surface area contributed by atoms with Crippen LogP contribution in [-0.4, -0.2) is 16.0 Å². The number of Topliss-reactive ketones (excluding diaryl/α,β-unsaturated/α-hetero) is 1. The Morgan fingerprint density at radius 1 is 1.33 bits per heavy atom. The zero-order valence-corrected chi connectivity index (χ0v) is 8.14. The number of nitrogens with one attached hydrogen (secondary N) is 1. The number of hydrogen-bond donors (Lipinski definition) is 1. The van der Waals surface area contributed by atoms with Gasteiger partial charge < -0.3 is 4.98 Å². The van der Waals surface area contributed by atoms with Gasteiger partial charge >= 0.3 is 0 Å². The van der Waals surface area contributed by atoms with Crippen LogP contribution in [0.2, 0.25) is 0 Å². The van der Waals surface area contributed by atoms with Crippen molar-refractivity contribution in [3.05, 3.63) is 35.8 Å². The molecule has 0 radical (unpaired) electrons. The van der Waals surface area contributed by atoms with Crippen molar-refractivity contribution in [3.8, 4) is 0 Å². The summed E-state index contributed by atoms with van der Waals surface area (Å²) in [5, 5.41) is -0.728. The second kappa shape index (κ2) is 3.47. The van der Waals surface area contributed by atoms with Crippen LogP contribution in [0.5, 0.6) is 0 Å². The molecular weight excluding hydrogens is 221 g/mol. The summed E-state index contributed by atoms with van der Waals surface area (Å²) in [5.41, 5.74) is 0.281. The molecule has 0 saturated heterocycles. The molecule has 5 heteroatoms. The van der Waals surface area contributed by atoms with Crippen molar-refractivity contribution < 1.29 is 14.0 Å². The number of carbonyl (C=O) groups is 2. The molecule has 15 heavy (non-hydrogen) atoms. The maximum Gasteiger partial charge on any atom is 0.293 e. The van der Waals surface area contributed by atoms with E-state index < -0.39 is 16.8 Å². The molecule has 1 heterocycles. The number of halogens is 2. The van der Waals surface area contributed by atoms with Crippen molar-refractivity contribution in [2.75, 3.05) is 0 Å². The van der Waals surface area contributed by atoms with Crippen LogP contribution in [-0.2, 0) is 4.79 Å². The van der Waals surface area contributed by atoms with Crippen LogP contribution in [0.4, 0.5) is 4.39 Å². The maximum absolute atomic E-state index is 13.2. The molecule has 2 rings (SSSR count). The third-order valence-electron chi connectivity index (χ3n) is 2.09. The van der Waals surface area contributed by atoms with E-state index in [0.717, 1.165) is 0 Å². The van der Waals surface area contributed by atoms with Crippen molar-refractivity contribution in [2.45, 2.75) is 0 Å². The van der Waals surface area contributed by atoms with Crippen LogP contribution in [0.15, 0.2) is 24.4 Å². The van der Waals surface area contributed by atoms with E-state index in [1.165, 1.54) is 18.3 Å². The van der Waals surface area contributed by atoms with Crippen LogP contribution in [0.1, 0.15) is 10.4 Å². The van der Waals surface area contributed by atoms with Crippen LogP contribution >= 0.6 is 11.6 Å². The molecule has 1 N–H and O–H groups in total. The Bertz CT molecular complexity index is 562. The Balaban J connectivity index is 2.69. The number of fused-ring (bicyclic) bond motifs is 1. The van der Waals surface area contributed by atoms with E-state index in [2.05, 4.69) is 4.98 Å². The first-order chi connectivity index (χ1) is 7.11. The van der Waals surface area contributed by atoms with Crippen LogP contribution in [0.25, 0.3) is 10.9 Å². The van der Waals surface area contributed by atoms with E-state index in [0.29, 0.717) is 5.39 Å². The SMILES string of the molecule is O=C(Cl)C(=O)c1c[nH]c2c(F)cccc12. The van der Waals surface area contributed by atoms with Crippen molar-refractivity contribution in [2.24, 2.45) is 0 Å². The fourth-order valence-electron chi connectivity index (χ4n) is 1.41. The Morgan fingerprint density at radius 3 is 2.73 bits per heavy atom. The highest BCUT2D eigenvalue weighted by molar-refractivity contribution is 6.83. The second-order valence-corrected chi connectivity index (χ2v) is 3.31. The first-order valence-corrected chi connectivity index (χ1v) is 4.49. The summed E-state index contributed by atoms with van der Waals surface area (Å²) in [4.78, 5) is 24.6. The summed E-state index contributed by atoms with van der Waals surface area (Å²) in [5.74, 6) is -1.32. The molecule has 0 aliphatic rings. The van der Waals surface area contributed by atoms with Crippen molar-refractivity contribution in [3.63, 3.8) is 0 Å². The van der Waals surface area contributed by atoms with E-state index in [-0.39, 0.29) is 11.1 Å². The Labute approximate surface area is 88.8 Å². The van der Waals surface area contributed by atoms with Crippen molar-refractivity contribution in [1.29, 1.82) is 0 Å². The number of rotatable bonds is 2. The average molecular weight is 226 g/mol. The van der Waals surface area contributed by atoms with Gasteiger partial charge in [0.1, 0.15) is 5.82 Å². The van der Waals surface area contributed by atoms with Gasteiger partial charge in [-0.1, -0.05) is 12.1 Å². The fraction of sp³-hybridized carbons (Fsp3) is 0. The third-order valence-corrected chi connectivity index (χ3v) is 2.26. The largest absolute Gasteiger partial charge is 0.358 e. The molecule has 0 saturated carbocycles. The van der Waals surface area contributed by atoms with Crippen molar-refractivity contribution in [1.82, 2.24) is 4.98 Å². The lowest BCUT2D eigenvalue weighted by Gasteiger charge is -1.93. The maximum atomic E-state index is 13.2. The monoisotopic (exact) mass is 225 g/mol. The lowest BCUT2D eigenvalue weighted by atomic mass is 10.1. The lowest BCUT2D eigenvalue weighted by Crippen LogP contribution is -2.06. The number of para-hydroxylation sites is 1. The molecule has 1 aromatic carbocycles. The molecule has 0 amide bonds. The molecule has 0 aliphatic heterocycles. The van der Waals surface area contributed by atoms with Gasteiger partial charge in [-0.3, -0.25) is 9.59 Å². The quantitative estimate of drug-likeness (QED) is 0.484. The summed E-state index contributed by atoms with van der Waals surface area (Å²) < 4.78 is 13.2. The highest BCUT2D eigenvalue weighted by Crippen LogP contribution is 2.21. The summed E-state index contributed by atoms with van der Waals surface area (Å²) in [7, 11) is 0. The molecule has 2 aromatic rings. The predicted octanol–water partition coefficient (Wildman–Crippen LogP) is 2.26. The molecule has 76 valence electrons. The van der Waals surface area contributed by atoms with Crippen LogP contribution < -0.4 is 0 Å². The molecular formula is C10H5ClFNO2. The number of aromatic amines is 1. The standard InChI is InChI=1S/C10H5ClFNO2/c11-10(15)9(14)6-4-13-8-5(6)2-1-3-7(8)12/h1-4,13H.